The van der Waals surface area contributed by atoms with Crippen LogP contribution in [-0.2, 0) is 14.3 Å². The normalized spacial score (nSPS) is 10.9. The highest BCUT2D eigenvalue weighted by molar-refractivity contribution is 5.75. The number of methoxy groups -OCH3 is 1. The molecule has 0 N–H and O–H groups in total. The van der Waals surface area contributed by atoms with Gasteiger partial charge in [0.15, 0.2) is 0 Å². The number of esters is 1. The summed E-state index contributed by atoms with van der Waals surface area (Å²) in [6.45, 7) is 3.65. The van der Waals surface area contributed by atoms with Crippen LogP contribution < -0.4 is 0 Å². The first-order valence-electron chi connectivity index (χ1n) is 4.06. The van der Waals surface area contributed by atoms with Crippen molar-refractivity contribution in [2.45, 2.75) is 33.1 Å². The molecule has 0 bridgehead atoms. The smallest absolute Gasteiger partial charge is 0.311 e. The number of aldehydes is 1. The summed E-state index contributed by atoms with van der Waals surface area (Å²) in [5.74, 6) is -0.214. The maximum atomic E-state index is 11.1. The van der Waals surface area contributed by atoms with Crippen molar-refractivity contribution in [2.75, 3.05) is 7.11 Å². The molecule has 0 unspecified atom stereocenters. The number of unbranched alkanes of at least 4 members (excludes halogenated alkanes) is 1. The Labute approximate surface area is 73.1 Å². The zero-order valence-corrected chi connectivity index (χ0v) is 7.92. The van der Waals surface area contributed by atoms with E-state index in [9.17, 15) is 9.59 Å². The van der Waals surface area contributed by atoms with E-state index < -0.39 is 5.41 Å². The highest BCUT2D eigenvalue weighted by Gasteiger charge is 2.27. The van der Waals surface area contributed by atoms with Gasteiger partial charge < -0.3 is 9.53 Å². The summed E-state index contributed by atoms with van der Waals surface area (Å²) in [5, 5.41) is 0. The summed E-state index contributed by atoms with van der Waals surface area (Å²) in [5.41, 5.74) is -0.461. The fraction of sp³-hybridized carbons (Fsp3) is 0.778. The zero-order valence-electron chi connectivity index (χ0n) is 7.92. The van der Waals surface area contributed by atoms with E-state index in [4.69, 9.17) is 0 Å². The highest BCUT2D eigenvalue weighted by Crippen LogP contribution is 2.24. The molecule has 0 aromatic rings. The molecule has 3 heteroatoms. The largest absolute Gasteiger partial charge is 0.469 e. The molecular weight excluding hydrogens is 156 g/mol. The van der Waals surface area contributed by atoms with Gasteiger partial charge in [-0.3, -0.25) is 4.79 Å². The lowest BCUT2D eigenvalue weighted by Gasteiger charge is -2.20. The molecule has 0 saturated carbocycles. The third-order valence-corrected chi connectivity index (χ3v) is 1.86. The van der Waals surface area contributed by atoms with Crippen LogP contribution in [0.5, 0.6) is 0 Å². The first-order valence-corrected chi connectivity index (χ1v) is 4.06. The zero-order chi connectivity index (χ0) is 9.61. The van der Waals surface area contributed by atoms with Crippen LogP contribution in [0, 0.1) is 5.41 Å². The molecule has 0 fully saturated rings. The van der Waals surface area contributed by atoms with Gasteiger partial charge in [0, 0.05) is 6.42 Å². The topological polar surface area (TPSA) is 43.4 Å². The fourth-order valence-corrected chi connectivity index (χ4v) is 1.01. The van der Waals surface area contributed by atoms with Crippen LogP contribution in [0.2, 0.25) is 0 Å². The van der Waals surface area contributed by atoms with Crippen LogP contribution in [0.25, 0.3) is 0 Å². The molecule has 0 aliphatic heterocycles. The Kier molecular flexibility index (Phi) is 4.55. The molecule has 0 aromatic heterocycles. The van der Waals surface area contributed by atoms with Crippen molar-refractivity contribution in [1.29, 1.82) is 0 Å². The molecule has 0 aliphatic rings. The van der Waals surface area contributed by atoms with E-state index in [1.807, 2.05) is 13.8 Å². The van der Waals surface area contributed by atoms with Crippen molar-refractivity contribution >= 4 is 12.3 Å². The molecule has 0 aromatic carbocycles. The fourth-order valence-electron chi connectivity index (χ4n) is 1.01. The van der Waals surface area contributed by atoms with Crippen molar-refractivity contribution in [3.8, 4) is 0 Å². The number of carbonyl (C=O) groups excluding carboxylic acids is 2. The monoisotopic (exact) mass is 172 g/mol. The molecule has 3 nitrogen and oxygen atoms in total. The Bertz CT molecular complexity index is 161. The highest BCUT2D eigenvalue weighted by atomic mass is 16.5. The van der Waals surface area contributed by atoms with E-state index in [0.717, 1.165) is 12.7 Å². The van der Waals surface area contributed by atoms with E-state index in [0.29, 0.717) is 12.8 Å². The Morgan fingerprint density at radius 1 is 1.50 bits per heavy atom. The minimum atomic E-state index is -0.461. The van der Waals surface area contributed by atoms with E-state index >= 15 is 0 Å². The van der Waals surface area contributed by atoms with Gasteiger partial charge in [0.05, 0.1) is 12.5 Å². The summed E-state index contributed by atoms with van der Waals surface area (Å²) < 4.78 is 4.62. The molecule has 12 heavy (non-hydrogen) atoms. The molecule has 0 saturated heterocycles. The molecular formula is C9H16O3. The summed E-state index contributed by atoms with van der Waals surface area (Å²) in [6, 6.07) is 0. The maximum Gasteiger partial charge on any atom is 0.311 e. The van der Waals surface area contributed by atoms with Crippen molar-refractivity contribution in [2.24, 2.45) is 5.41 Å². The van der Waals surface area contributed by atoms with Crippen molar-refractivity contribution < 1.29 is 14.3 Å². The van der Waals surface area contributed by atoms with Crippen LogP contribution in [0.3, 0.4) is 0 Å². The molecule has 0 heterocycles. The van der Waals surface area contributed by atoms with Gasteiger partial charge in [-0.25, -0.2) is 0 Å². The second kappa shape index (κ2) is 4.91. The van der Waals surface area contributed by atoms with Crippen molar-refractivity contribution in [3.63, 3.8) is 0 Å². The summed E-state index contributed by atoms with van der Waals surface area (Å²) in [4.78, 5) is 21.1. The average Bonchev–Trinajstić information content (AvgIpc) is 2.03. The Balaban J connectivity index is 3.86. The van der Waals surface area contributed by atoms with Gasteiger partial charge in [0.2, 0.25) is 0 Å². The predicted molar refractivity (Wildman–Crippen MR) is 45.7 cm³/mol. The number of ether oxygens (including phenoxy) is 1. The standard InChI is InChI=1S/C9H16O3/c1-9(2,8(11)12-3)6-4-5-7-10/h7H,4-6H2,1-3H3. The average molecular weight is 172 g/mol. The number of hydrogen-bond donors (Lipinski definition) is 0. The van der Waals surface area contributed by atoms with E-state index in [2.05, 4.69) is 4.74 Å². The number of rotatable bonds is 5. The molecule has 0 amide bonds. The van der Waals surface area contributed by atoms with Gasteiger partial charge in [-0.1, -0.05) is 0 Å². The number of carbonyl (C=O) groups is 2. The van der Waals surface area contributed by atoms with Gasteiger partial charge >= 0.3 is 5.97 Å². The van der Waals surface area contributed by atoms with Crippen LogP contribution in [0.1, 0.15) is 33.1 Å². The summed E-state index contributed by atoms with van der Waals surface area (Å²) in [7, 11) is 1.38. The third kappa shape index (κ3) is 3.51. The molecule has 70 valence electrons. The maximum absolute atomic E-state index is 11.1. The van der Waals surface area contributed by atoms with Gasteiger partial charge in [-0.2, -0.15) is 0 Å². The lowest BCUT2D eigenvalue weighted by molar-refractivity contribution is -0.151. The quantitative estimate of drug-likeness (QED) is 0.359. The summed E-state index contributed by atoms with van der Waals surface area (Å²) in [6.07, 6.45) is 2.82. The molecule has 0 spiro atoms. The van der Waals surface area contributed by atoms with Gasteiger partial charge in [-0.05, 0) is 26.7 Å². The molecule has 0 atom stereocenters. The van der Waals surface area contributed by atoms with Crippen molar-refractivity contribution in [3.05, 3.63) is 0 Å². The van der Waals surface area contributed by atoms with E-state index in [-0.39, 0.29) is 5.97 Å². The van der Waals surface area contributed by atoms with Crippen LogP contribution in [0.4, 0.5) is 0 Å². The molecule has 0 rings (SSSR count). The van der Waals surface area contributed by atoms with Gasteiger partial charge in [0.1, 0.15) is 6.29 Å². The lowest BCUT2D eigenvalue weighted by Crippen LogP contribution is -2.25. The van der Waals surface area contributed by atoms with Crippen LogP contribution >= 0.6 is 0 Å². The number of hydrogen-bond acceptors (Lipinski definition) is 3. The van der Waals surface area contributed by atoms with Gasteiger partial charge in [0.25, 0.3) is 0 Å². The van der Waals surface area contributed by atoms with Crippen LogP contribution in [0.15, 0.2) is 0 Å². The van der Waals surface area contributed by atoms with E-state index in [1.54, 1.807) is 0 Å². The van der Waals surface area contributed by atoms with Gasteiger partial charge in [-0.15, -0.1) is 0 Å². The molecule has 0 aliphatic carbocycles. The molecule has 0 radical (unpaired) electrons. The Hall–Kier alpha value is -0.860. The summed E-state index contributed by atoms with van der Waals surface area (Å²) >= 11 is 0. The Morgan fingerprint density at radius 2 is 2.08 bits per heavy atom. The van der Waals surface area contributed by atoms with Crippen molar-refractivity contribution in [1.82, 2.24) is 0 Å². The second-order valence-electron chi connectivity index (χ2n) is 3.43. The Morgan fingerprint density at radius 3 is 2.50 bits per heavy atom. The minimum absolute atomic E-state index is 0.214. The van der Waals surface area contributed by atoms with E-state index in [1.165, 1.54) is 7.11 Å². The predicted octanol–water partition coefficient (Wildman–Crippen LogP) is 1.55. The third-order valence-electron chi connectivity index (χ3n) is 1.86. The second-order valence-corrected chi connectivity index (χ2v) is 3.43. The first-order chi connectivity index (χ1) is 5.54. The van der Waals surface area contributed by atoms with Crippen LogP contribution in [-0.4, -0.2) is 19.4 Å². The first kappa shape index (κ1) is 11.1. The SMILES string of the molecule is COC(=O)C(C)(C)CCCC=O. The minimum Gasteiger partial charge on any atom is -0.469 e. The lowest BCUT2D eigenvalue weighted by atomic mass is 9.87.